The molecule has 0 unspecified atom stereocenters. The highest BCUT2D eigenvalue weighted by Crippen LogP contribution is 2.22. The Balaban J connectivity index is 1.46. The van der Waals surface area contributed by atoms with E-state index >= 15 is 0 Å². The predicted octanol–water partition coefficient (Wildman–Crippen LogP) is 1.54. The number of imidazole rings is 1. The second kappa shape index (κ2) is 7.42. The van der Waals surface area contributed by atoms with E-state index < -0.39 is 0 Å². The molecule has 1 amide bonds. The fraction of sp³-hybridized carbons (Fsp3) is 0.368. The fourth-order valence-corrected chi connectivity index (χ4v) is 3.46. The van der Waals surface area contributed by atoms with E-state index in [0.717, 1.165) is 56.0 Å². The second-order valence-corrected chi connectivity index (χ2v) is 6.78. The van der Waals surface area contributed by atoms with Crippen LogP contribution in [0.3, 0.4) is 0 Å². The summed E-state index contributed by atoms with van der Waals surface area (Å²) in [5.74, 6) is -0.0380. The van der Waals surface area contributed by atoms with Gasteiger partial charge >= 0.3 is 0 Å². The van der Waals surface area contributed by atoms with Crippen molar-refractivity contribution in [3.63, 3.8) is 0 Å². The number of anilines is 2. The van der Waals surface area contributed by atoms with Crippen LogP contribution >= 0.6 is 0 Å². The minimum Gasteiger partial charge on any atom is -0.382 e. The van der Waals surface area contributed by atoms with E-state index in [0.29, 0.717) is 5.69 Å². The molecule has 1 aliphatic rings. The minimum absolute atomic E-state index is 0.227. The van der Waals surface area contributed by atoms with Gasteiger partial charge in [0.15, 0.2) is 11.5 Å². The molecule has 1 fully saturated rings. The first kappa shape index (κ1) is 17.6. The number of carbonyl (C=O) groups excluding carboxylic acids is 1. The van der Waals surface area contributed by atoms with Crippen molar-refractivity contribution < 1.29 is 9.53 Å². The zero-order valence-corrected chi connectivity index (χ0v) is 15.4. The predicted molar refractivity (Wildman–Crippen MR) is 105 cm³/mol. The quantitative estimate of drug-likeness (QED) is 0.713. The summed E-state index contributed by atoms with van der Waals surface area (Å²) in [4.78, 5) is 18.8. The number of carbonyl (C=O) groups is 1. The molecule has 1 saturated heterocycles. The van der Waals surface area contributed by atoms with Gasteiger partial charge in [0.1, 0.15) is 0 Å². The van der Waals surface area contributed by atoms with Crippen molar-refractivity contribution in [1.29, 1.82) is 0 Å². The van der Waals surface area contributed by atoms with Crippen molar-refractivity contribution in [1.82, 2.24) is 19.0 Å². The minimum atomic E-state index is -0.265. The highest BCUT2D eigenvalue weighted by molar-refractivity contribution is 6.06. The highest BCUT2D eigenvalue weighted by Gasteiger charge is 2.16. The van der Waals surface area contributed by atoms with Crippen molar-refractivity contribution in [3.05, 3.63) is 42.5 Å². The Kier molecular flexibility index (Phi) is 4.83. The van der Waals surface area contributed by atoms with Crippen molar-refractivity contribution in [2.45, 2.75) is 6.54 Å². The van der Waals surface area contributed by atoms with Crippen molar-refractivity contribution in [3.8, 4) is 0 Å². The van der Waals surface area contributed by atoms with Gasteiger partial charge in [-0.2, -0.15) is 0 Å². The number of benzene rings is 1. The molecule has 0 bridgehead atoms. The van der Waals surface area contributed by atoms with Crippen LogP contribution in [0.2, 0.25) is 0 Å². The third-order valence-electron chi connectivity index (χ3n) is 4.97. The van der Waals surface area contributed by atoms with Gasteiger partial charge in [0.2, 0.25) is 0 Å². The zero-order chi connectivity index (χ0) is 18.8. The van der Waals surface area contributed by atoms with Gasteiger partial charge < -0.3 is 24.9 Å². The monoisotopic (exact) mass is 368 g/mol. The lowest BCUT2D eigenvalue weighted by atomic mass is 10.2. The smallest absolute Gasteiger partial charge is 0.276 e. The molecule has 2 aromatic heterocycles. The van der Waals surface area contributed by atoms with E-state index in [1.807, 2.05) is 18.2 Å². The molecule has 0 spiro atoms. The average Bonchev–Trinajstić information content (AvgIpc) is 3.23. The number of nitrogens with zero attached hydrogens (tertiary/aromatic N) is 4. The summed E-state index contributed by atoms with van der Waals surface area (Å²) >= 11 is 0. The maximum atomic E-state index is 12.5. The Bertz CT molecular complexity index is 935. The Morgan fingerprint density at radius 3 is 2.81 bits per heavy atom. The number of amides is 1. The molecule has 3 N–H and O–H groups in total. The lowest BCUT2D eigenvalue weighted by Crippen LogP contribution is -2.38. The molecule has 0 aliphatic carbocycles. The number of morpholine rings is 1. The van der Waals surface area contributed by atoms with Crippen LogP contribution in [0.25, 0.3) is 10.9 Å². The van der Waals surface area contributed by atoms with Gasteiger partial charge in [0, 0.05) is 56.0 Å². The SMILES string of the molecule is Cn1cnc(N)c1C(=O)Nc1ccc2c(ccn2CCN2CCOCC2)c1. The lowest BCUT2D eigenvalue weighted by Gasteiger charge is -2.26. The molecular formula is C19H24N6O2. The van der Waals surface area contributed by atoms with Crippen LogP contribution in [0.4, 0.5) is 11.5 Å². The first-order chi connectivity index (χ1) is 13.1. The Morgan fingerprint density at radius 1 is 1.26 bits per heavy atom. The lowest BCUT2D eigenvalue weighted by molar-refractivity contribution is 0.0365. The molecule has 1 aliphatic heterocycles. The second-order valence-electron chi connectivity index (χ2n) is 6.78. The number of nitrogen functional groups attached to an aromatic ring is 1. The van der Waals surface area contributed by atoms with Crippen LogP contribution in [0, 0.1) is 0 Å². The number of ether oxygens (including phenoxy) is 1. The maximum absolute atomic E-state index is 12.5. The molecule has 8 heteroatoms. The first-order valence-corrected chi connectivity index (χ1v) is 9.09. The van der Waals surface area contributed by atoms with E-state index in [9.17, 15) is 4.79 Å². The van der Waals surface area contributed by atoms with Gasteiger partial charge in [-0.15, -0.1) is 0 Å². The third-order valence-corrected chi connectivity index (χ3v) is 4.97. The molecule has 4 rings (SSSR count). The van der Waals surface area contributed by atoms with Crippen LogP contribution in [0.15, 0.2) is 36.8 Å². The van der Waals surface area contributed by atoms with E-state index in [1.165, 1.54) is 6.33 Å². The molecular weight excluding hydrogens is 344 g/mol. The maximum Gasteiger partial charge on any atom is 0.276 e. The summed E-state index contributed by atoms with van der Waals surface area (Å²) < 4.78 is 9.26. The number of rotatable bonds is 5. The molecule has 3 aromatic rings. The number of fused-ring (bicyclic) bond motifs is 1. The van der Waals surface area contributed by atoms with Gasteiger partial charge in [-0.3, -0.25) is 9.69 Å². The van der Waals surface area contributed by atoms with Crippen LogP contribution < -0.4 is 11.1 Å². The zero-order valence-electron chi connectivity index (χ0n) is 15.4. The number of hydrogen-bond donors (Lipinski definition) is 2. The van der Waals surface area contributed by atoms with E-state index in [2.05, 4.69) is 32.0 Å². The summed E-state index contributed by atoms with van der Waals surface area (Å²) in [6, 6.07) is 8.00. The van der Waals surface area contributed by atoms with Gasteiger partial charge in [-0.1, -0.05) is 0 Å². The number of aromatic nitrogens is 3. The standard InChI is InChI=1S/C19H24N6O2/c1-23-13-21-18(20)17(23)19(26)22-15-2-3-16-14(12-15)4-5-25(16)7-6-24-8-10-27-11-9-24/h2-5,12-13H,6-11,20H2,1H3,(H,22,26). The summed E-state index contributed by atoms with van der Waals surface area (Å²) in [5.41, 5.74) is 8.03. The number of hydrogen-bond acceptors (Lipinski definition) is 5. The fourth-order valence-electron chi connectivity index (χ4n) is 3.46. The molecule has 0 atom stereocenters. The van der Waals surface area contributed by atoms with Crippen LogP contribution in [-0.2, 0) is 18.3 Å². The largest absolute Gasteiger partial charge is 0.382 e. The van der Waals surface area contributed by atoms with Crippen molar-refractivity contribution in [2.75, 3.05) is 43.9 Å². The summed E-state index contributed by atoms with van der Waals surface area (Å²) in [7, 11) is 1.75. The molecule has 0 saturated carbocycles. The Labute approximate surface area is 157 Å². The summed E-state index contributed by atoms with van der Waals surface area (Å²) in [6.45, 7) is 5.55. The number of nitrogens with two attached hydrogens (primary N) is 1. The summed E-state index contributed by atoms with van der Waals surface area (Å²) in [5, 5.41) is 3.99. The van der Waals surface area contributed by atoms with Crippen LogP contribution in [-0.4, -0.2) is 57.8 Å². The normalized spacial score (nSPS) is 15.3. The van der Waals surface area contributed by atoms with Crippen molar-refractivity contribution >= 4 is 28.3 Å². The van der Waals surface area contributed by atoms with Crippen LogP contribution in [0.1, 0.15) is 10.5 Å². The highest BCUT2D eigenvalue weighted by atomic mass is 16.5. The van der Waals surface area contributed by atoms with Crippen LogP contribution in [0.5, 0.6) is 0 Å². The van der Waals surface area contributed by atoms with E-state index in [-0.39, 0.29) is 11.7 Å². The molecule has 1 aromatic carbocycles. The van der Waals surface area contributed by atoms with E-state index in [4.69, 9.17) is 10.5 Å². The molecule has 3 heterocycles. The summed E-state index contributed by atoms with van der Waals surface area (Å²) in [6.07, 6.45) is 3.62. The Morgan fingerprint density at radius 2 is 2.07 bits per heavy atom. The van der Waals surface area contributed by atoms with Crippen molar-refractivity contribution in [2.24, 2.45) is 7.05 Å². The van der Waals surface area contributed by atoms with Gasteiger partial charge in [-0.05, 0) is 24.3 Å². The molecule has 0 radical (unpaired) electrons. The first-order valence-electron chi connectivity index (χ1n) is 9.09. The molecule has 27 heavy (non-hydrogen) atoms. The van der Waals surface area contributed by atoms with Gasteiger partial charge in [-0.25, -0.2) is 4.98 Å². The molecule has 142 valence electrons. The number of nitrogens with one attached hydrogen (secondary N) is 1. The van der Waals surface area contributed by atoms with Gasteiger partial charge in [0.25, 0.3) is 5.91 Å². The third kappa shape index (κ3) is 3.67. The van der Waals surface area contributed by atoms with Gasteiger partial charge in [0.05, 0.1) is 19.5 Å². The Hall–Kier alpha value is -2.84. The average molecular weight is 368 g/mol. The topological polar surface area (TPSA) is 90.3 Å². The molecule has 8 nitrogen and oxygen atoms in total. The van der Waals surface area contributed by atoms with E-state index in [1.54, 1.807) is 11.6 Å². The number of aryl methyl sites for hydroxylation is 1.